The van der Waals surface area contributed by atoms with Gasteiger partial charge >= 0.3 is 6.09 Å². The van der Waals surface area contributed by atoms with Gasteiger partial charge in [0.2, 0.25) is 0 Å². The highest BCUT2D eigenvalue weighted by Gasteiger charge is 2.16. The summed E-state index contributed by atoms with van der Waals surface area (Å²) in [5.41, 5.74) is 2.85. The Morgan fingerprint density at radius 3 is 2.58 bits per heavy atom. The monoisotopic (exact) mass is 368 g/mol. The minimum atomic E-state index is -0.538. The molecule has 134 valence electrons. The van der Waals surface area contributed by atoms with Gasteiger partial charge in [0.1, 0.15) is 5.60 Å². The van der Waals surface area contributed by atoms with E-state index in [1.54, 1.807) is 18.5 Å². The molecule has 0 saturated carbocycles. The zero-order valence-electron chi connectivity index (χ0n) is 14.8. The van der Waals surface area contributed by atoms with Crippen molar-refractivity contribution >= 4 is 33.9 Å². The number of nitrogens with one attached hydrogen (secondary N) is 2. The minimum absolute atomic E-state index is 0.483. The van der Waals surface area contributed by atoms with Gasteiger partial charge in [-0.1, -0.05) is 6.07 Å². The predicted molar refractivity (Wildman–Crippen MR) is 105 cm³/mol. The average Bonchev–Trinajstić information content (AvgIpc) is 3.02. The fourth-order valence-electron chi connectivity index (χ4n) is 2.21. The van der Waals surface area contributed by atoms with Crippen molar-refractivity contribution in [2.75, 3.05) is 10.6 Å². The molecule has 6 nitrogen and oxygen atoms in total. The molecule has 1 amide bonds. The normalized spacial score (nSPS) is 11.0. The summed E-state index contributed by atoms with van der Waals surface area (Å²) < 4.78 is 5.27. The second kappa shape index (κ2) is 7.53. The molecule has 0 bridgehead atoms. The van der Waals surface area contributed by atoms with Crippen molar-refractivity contribution in [3.05, 3.63) is 54.2 Å². The third-order valence-corrected chi connectivity index (χ3v) is 4.00. The number of carbonyl (C=O) groups is 1. The van der Waals surface area contributed by atoms with Gasteiger partial charge in [-0.3, -0.25) is 10.3 Å². The molecule has 0 saturated heterocycles. The summed E-state index contributed by atoms with van der Waals surface area (Å²) in [6.07, 6.45) is 3.00. The van der Waals surface area contributed by atoms with Crippen molar-refractivity contribution in [2.24, 2.45) is 0 Å². The zero-order valence-corrected chi connectivity index (χ0v) is 15.6. The van der Waals surface area contributed by atoms with Crippen LogP contribution in [0.2, 0.25) is 0 Å². The standard InChI is InChI=1S/C19H20N4O2S/c1-19(2,3)25-18(24)22-15-6-4-5-14(11-15)21-17-23-16(12-26-17)13-7-9-20-10-8-13/h4-12H,1-3H3,(H,21,23)(H,22,24). The molecule has 7 heteroatoms. The number of benzene rings is 1. The topological polar surface area (TPSA) is 76.1 Å². The van der Waals surface area contributed by atoms with Gasteiger partial charge in [-0.25, -0.2) is 9.78 Å². The molecule has 2 aromatic heterocycles. The SMILES string of the molecule is CC(C)(C)OC(=O)Nc1cccc(Nc2nc(-c3ccncc3)cs2)c1. The second-order valence-electron chi connectivity index (χ2n) is 6.61. The molecule has 0 radical (unpaired) electrons. The van der Waals surface area contributed by atoms with Gasteiger partial charge in [-0.05, 0) is 51.1 Å². The number of carbonyl (C=O) groups excluding carboxylic acids is 1. The van der Waals surface area contributed by atoms with Gasteiger partial charge in [-0.15, -0.1) is 11.3 Å². The van der Waals surface area contributed by atoms with Crippen LogP contribution in [0.5, 0.6) is 0 Å². The Morgan fingerprint density at radius 2 is 1.85 bits per heavy atom. The molecular weight excluding hydrogens is 348 g/mol. The number of hydrogen-bond donors (Lipinski definition) is 2. The lowest BCUT2D eigenvalue weighted by atomic mass is 10.2. The average molecular weight is 368 g/mol. The third-order valence-electron chi connectivity index (χ3n) is 3.24. The largest absolute Gasteiger partial charge is 0.444 e. The van der Waals surface area contributed by atoms with E-state index in [2.05, 4.69) is 20.6 Å². The van der Waals surface area contributed by atoms with E-state index in [-0.39, 0.29) is 0 Å². The smallest absolute Gasteiger partial charge is 0.412 e. The Morgan fingerprint density at radius 1 is 1.12 bits per heavy atom. The maximum atomic E-state index is 11.9. The molecule has 0 spiro atoms. The first-order valence-electron chi connectivity index (χ1n) is 8.12. The summed E-state index contributed by atoms with van der Waals surface area (Å²) in [7, 11) is 0. The van der Waals surface area contributed by atoms with E-state index in [1.807, 2.05) is 56.5 Å². The van der Waals surface area contributed by atoms with Gasteiger partial charge in [-0.2, -0.15) is 0 Å². The summed E-state index contributed by atoms with van der Waals surface area (Å²) >= 11 is 1.51. The Hall–Kier alpha value is -2.93. The highest BCUT2D eigenvalue weighted by molar-refractivity contribution is 7.14. The van der Waals surface area contributed by atoms with Crippen molar-refractivity contribution in [1.82, 2.24) is 9.97 Å². The number of ether oxygens (including phenoxy) is 1. The summed E-state index contributed by atoms with van der Waals surface area (Å²) in [6, 6.07) is 11.2. The lowest BCUT2D eigenvalue weighted by Gasteiger charge is -2.19. The van der Waals surface area contributed by atoms with Crippen LogP contribution >= 0.6 is 11.3 Å². The van der Waals surface area contributed by atoms with Crippen molar-refractivity contribution in [3.63, 3.8) is 0 Å². The molecule has 0 fully saturated rings. The van der Waals surface area contributed by atoms with Gasteiger partial charge in [0.25, 0.3) is 0 Å². The highest BCUT2D eigenvalue weighted by Crippen LogP contribution is 2.27. The highest BCUT2D eigenvalue weighted by atomic mass is 32.1. The molecule has 1 aromatic carbocycles. The van der Waals surface area contributed by atoms with Crippen LogP contribution in [0.25, 0.3) is 11.3 Å². The number of nitrogens with zero attached hydrogens (tertiary/aromatic N) is 2. The lowest BCUT2D eigenvalue weighted by Crippen LogP contribution is -2.27. The molecule has 0 aliphatic heterocycles. The Bertz CT molecular complexity index is 888. The number of thiazole rings is 1. The lowest BCUT2D eigenvalue weighted by molar-refractivity contribution is 0.0636. The van der Waals surface area contributed by atoms with E-state index in [9.17, 15) is 4.79 Å². The maximum Gasteiger partial charge on any atom is 0.412 e. The third kappa shape index (κ3) is 5.03. The van der Waals surface area contributed by atoms with Crippen LogP contribution in [0.3, 0.4) is 0 Å². The summed E-state index contributed by atoms with van der Waals surface area (Å²) in [6.45, 7) is 5.48. The van der Waals surface area contributed by atoms with Crippen LogP contribution in [-0.2, 0) is 4.74 Å². The van der Waals surface area contributed by atoms with Crippen molar-refractivity contribution in [3.8, 4) is 11.3 Å². The molecule has 3 rings (SSSR count). The first kappa shape index (κ1) is 17.9. The van der Waals surface area contributed by atoms with Crippen LogP contribution in [0.1, 0.15) is 20.8 Å². The van der Waals surface area contributed by atoms with Crippen LogP contribution in [0.15, 0.2) is 54.2 Å². The van der Waals surface area contributed by atoms with Crippen LogP contribution in [0, 0.1) is 0 Å². The van der Waals surface area contributed by atoms with E-state index in [4.69, 9.17) is 4.74 Å². The van der Waals surface area contributed by atoms with Crippen LogP contribution in [0.4, 0.5) is 21.3 Å². The number of anilines is 3. The molecular formula is C19H20N4O2S. The van der Waals surface area contributed by atoms with Crippen LogP contribution in [-0.4, -0.2) is 21.7 Å². The van der Waals surface area contributed by atoms with E-state index in [0.29, 0.717) is 5.69 Å². The zero-order chi connectivity index (χ0) is 18.6. The summed E-state index contributed by atoms with van der Waals surface area (Å²) in [4.78, 5) is 20.5. The van der Waals surface area contributed by atoms with Gasteiger partial charge in [0.15, 0.2) is 5.13 Å². The minimum Gasteiger partial charge on any atom is -0.444 e. The molecule has 3 aromatic rings. The molecule has 0 atom stereocenters. The second-order valence-corrected chi connectivity index (χ2v) is 7.46. The van der Waals surface area contributed by atoms with Crippen molar-refractivity contribution in [2.45, 2.75) is 26.4 Å². The molecule has 0 aliphatic rings. The van der Waals surface area contributed by atoms with E-state index in [0.717, 1.165) is 22.1 Å². The van der Waals surface area contributed by atoms with Crippen LogP contribution < -0.4 is 10.6 Å². The molecule has 2 N–H and O–H groups in total. The maximum absolute atomic E-state index is 11.9. The predicted octanol–water partition coefficient (Wildman–Crippen LogP) is 5.30. The number of pyridine rings is 1. The number of amides is 1. The quantitative estimate of drug-likeness (QED) is 0.654. The molecule has 0 aliphatic carbocycles. The van der Waals surface area contributed by atoms with Gasteiger partial charge in [0.05, 0.1) is 5.69 Å². The van der Waals surface area contributed by atoms with Crippen molar-refractivity contribution in [1.29, 1.82) is 0 Å². The first-order valence-corrected chi connectivity index (χ1v) is 9.00. The fourth-order valence-corrected chi connectivity index (χ4v) is 2.95. The Kier molecular flexibility index (Phi) is 5.18. The Balaban J connectivity index is 1.68. The van der Waals surface area contributed by atoms with Gasteiger partial charge in [0, 0.05) is 34.7 Å². The number of aromatic nitrogens is 2. The molecule has 2 heterocycles. The molecule has 26 heavy (non-hydrogen) atoms. The number of hydrogen-bond acceptors (Lipinski definition) is 6. The summed E-state index contributed by atoms with van der Waals surface area (Å²) in [5, 5.41) is 8.74. The Labute approximate surface area is 156 Å². The van der Waals surface area contributed by atoms with Crippen molar-refractivity contribution < 1.29 is 9.53 Å². The summed E-state index contributed by atoms with van der Waals surface area (Å²) in [5.74, 6) is 0. The molecule has 0 unspecified atom stereocenters. The van der Waals surface area contributed by atoms with E-state index in [1.165, 1.54) is 11.3 Å². The fraction of sp³-hybridized carbons (Fsp3) is 0.211. The number of rotatable bonds is 4. The van der Waals surface area contributed by atoms with E-state index < -0.39 is 11.7 Å². The van der Waals surface area contributed by atoms with Gasteiger partial charge < -0.3 is 10.1 Å². The first-order chi connectivity index (χ1) is 12.4. The van der Waals surface area contributed by atoms with E-state index >= 15 is 0 Å².